The molecule has 374 valence electrons. The van der Waals surface area contributed by atoms with E-state index in [2.05, 4.69) is 46.3 Å². The molecular weight excluding hydrogens is 901 g/mol. The molecule has 2 aromatic heterocycles. The Kier molecular flexibility index (Phi) is 19.2. The van der Waals surface area contributed by atoms with Crippen molar-refractivity contribution in [1.29, 1.82) is 0 Å². The number of nitrogens with zero attached hydrogens (tertiary/aromatic N) is 3. The number of hydrogen-bond acceptors (Lipinski definition) is 12. The van der Waals surface area contributed by atoms with Gasteiger partial charge in [-0.2, -0.15) is 10.2 Å². The molecule has 4 N–H and O–H groups in total. The molecule has 70 heavy (non-hydrogen) atoms. The number of hydrogen-bond donors (Lipinski definition) is 3. The van der Waals surface area contributed by atoms with Gasteiger partial charge in [0.1, 0.15) is 47.3 Å². The van der Waals surface area contributed by atoms with Gasteiger partial charge in [0.05, 0.1) is 11.4 Å². The summed E-state index contributed by atoms with van der Waals surface area (Å²) in [7, 11) is -1.10. The molecule has 0 bridgehead atoms. The summed E-state index contributed by atoms with van der Waals surface area (Å²) in [6, 6.07) is 32.7. The molecule has 2 fully saturated rings. The van der Waals surface area contributed by atoms with Gasteiger partial charge in [0, 0.05) is 90.6 Å². The molecule has 0 spiro atoms. The molecule has 2 atom stereocenters. The lowest BCUT2D eigenvalue weighted by molar-refractivity contribution is -0.113. The SMILES string of the molecule is C.C[Si](C)(C)CCOCn1nccc1-c1ccc(Oc2ccc3c(c2)OC(C=O)C3)cc1.NCC1CCOCC1.c1cc(-c2ccc(Oc3ccc4c(c3)OC(CNCC3CCOCC3)C4)cc2)[nH]n1. The van der Waals surface area contributed by atoms with Crippen molar-refractivity contribution in [2.45, 2.75) is 90.6 Å². The second kappa shape index (κ2) is 25.9. The van der Waals surface area contributed by atoms with Gasteiger partial charge in [0.25, 0.3) is 0 Å². The van der Waals surface area contributed by atoms with E-state index in [9.17, 15) is 4.79 Å². The number of carbonyl (C=O) groups excluding carboxylic acids is 1. The maximum Gasteiger partial charge on any atom is 0.160 e. The van der Waals surface area contributed by atoms with Crippen LogP contribution < -0.4 is 30.0 Å². The van der Waals surface area contributed by atoms with Crippen molar-refractivity contribution in [2.24, 2.45) is 17.6 Å². The number of rotatable bonds is 17. The molecule has 0 aliphatic carbocycles. The molecule has 2 saturated heterocycles. The zero-order valence-corrected chi connectivity index (χ0v) is 41.3. The molecular formula is C55H72N6O8Si. The van der Waals surface area contributed by atoms with Gasteiger partial charge < -0.3 is 44.2 Å². The molecule has 2 unspecified atom stereocenters. The fraction of sp³-hybridized carbons (Fsp3) is 0.436. The maximum atomic E-state index is 10.9. The van der Waals surface area contributed by atoms with Crippen LogP contribution in [0.3, 0.4) is 0 Å². The summed E-state index contributed by atoms with van der Waals surface area (Å²) in [6.07, 6.45) is 10.4. The smallest absolute Gasteiger partial charge is 0.160 e. The average Bonchev–Trinajstić information content (AvgIpc) is 4.22. The van der Waals surface area contributed by atoms with Crippen LogP contribution in [0, 0.1) is 11.8 Å². The molecule has 0 amide bonds. The van der Waals surface area contributed by atoms with E-state index in [4.69, 9.17) is 38.9 Å². The summed E-state index contributed by atoms with van der Waals surface area (Å²) in [4.78, 5) is 10.9. The molecule has 4 aliphatic heterocycles. The number of ether oxygens (including phenoxy) is 7. The van der Waals surface area contributed by atoms with Gasteiger partial charge in [-0.05, 0) is 146 Å². The van der Waals surface area contributed by atoms with Crippen LogP contribution in [0.1, 0.15) is 44.2 Å². The van der Waals surface area contributed by atoms with Crippen LogP contribution in [0.2, 0.25) is 25.7 Å². The fourth-order valence-corrected chi connectivity index (χ4v) is 9.26. The number of nitrogens with one attached hydrogen (secondary N) is 2. The lowest BCUT2D eigenvalue weighted by atomic mass is 10.0. The number of fused-ring (bicyclic) bond motifs is 2. The normalized spacial score (nSPS) is 17.5. The lowest BCUT2D eigenvalue weighted by Crippen LogP contribution is -2.35. The second-order valence-electron chi connectivity index (χ2n) is 19.3. The highest BCUT2D eigenvalue weighted by atomic mass is 28.3. The van der Waals surface area contributed by atoms with Gasteiger partial charge in [-0.3, -0.25) is 9.89 Å². The molecule has 0 radical (unpaired) electrons. The van der Waals surface area contributed by atoms with Crippen molar-refractivity contribution in [1.82, 2.24) is 25.3 Å². The molecule has 14 nitrogen and oxygen atoms in total. The van der Waals surface area contributed by atoms with Crippen molar-refractivity contribution in [2.75, 3.05) is 52.7 Å². The predicted molar refractivity (Wildman–Crippen MR) is 277 cm³/mol. The third kappa shape index (κ3) is 15.3. The Morgan fingerprint density at radius 3 is 1.91 bits per heavy atom. The summed E-state index contributed by atoms with van der Waals surface area (Å²) in [6.45, 7) is 14.6. The highest BCUT2D eigenvalue weighted by molar-refractivity contribution is 6.76. The second-order valence-corrected chi connectivity index (χ2v) is 24.9. The predicted octanol–water partition coefficient (Wildman–Crippen LogP) is 10.4. The first-order chi connectivity index (χ1) is 33.7. The van der Waals surface area contributed by atoms with E-state index < -0.39 is 14.2 Å². The summed E-state index contributed by atoms with van der Waals surface area (Å²) in [5.41, 5.74) is 11.8. The van der Waals surface area contributed by atoms with Crippen molar-refractivity contribution in [3.05, 3.63) is 121 Å². The van der Waals surface area contributed by atoms with Gasteiger partial charge in [-0.25, -0.2) is 4.68 Å². The van der Waals surface area contributed by atoms with E-state index in [1.54, 1.807) is 12.4 Å². The van der Waals surface area contributed by atoms with Crippen LogP contribution in [0.25, 0.3) is 22.5 Å². The standard InChI is InChI=1S/C24H27N3O3.C24H28N2O4Si.C6H13NO.CH4/c1-4-20(5-2-18(1)23-7-10-26-27-23)29-21-6-3-19-13-22(30-24(19)14-21)16-25-15-17-8-11-28-12-9-17;1-31(2,3)13-12-28-17-26-23(10-11-25-26)18-4-7-20(8-5-18)29-21-9-6-19-14-22(16-27)30-24(19)15-21;7-5-6-1-3-8-4-2-6;/h1-7,10,14,17,22,25H,8-9,11-13,15-16H2,(H,26,27);4-11,15-16,22H,12-14,17H2,1-3H3;6H,1-5,7H2;1H4. The van der Waals surface area contributed by atoms with Crippen LogP contribution in [0.4, 0.5) is 0 Å². The molecule has 4 aromatic carbocycles. The van der Waals surface area contributed by atoms with Gasteiger partial charge in [-0.15, -0.1) is 0 Å². The van der Waals surface area contributed by atoms with Gasteiger partial charge in [0.2, 0.25) is 0 Å². The van der Waals surface area contributed by atoms with E-state index in [1.165, 1.54) is 5.56 Å². The minimum absolute atomic E-state index is 0. The van der Waals surface area contributed by atoms with Gasteiger partial charge in [0.15, 0.2) is 12.4 Å². The Morgan fingerprint density at radius 2 is 1.33 bits per heavy atom. The van der Waals surface area contributed by atoms with Crippen molar-refractivity contribution >= 4 is 14.4 Å². The summed E-state index contributed by atoms with van der Waals surface area (Å²) in [5.74, 6) is 6.10. The Labute approximate surface area is 414 Å². The molecule has 6 aromatic rings. The number of nitrogens with two attached hydrogens (primary N) is 1. The lowest BCUT2D eigenvalue weighted by Gasteiger charge is -2.23. The highest BCUT2D eigenvalue weighted by Gasteiger charge is 2.25. The number of aromatic amines is 1. The number of H-pyrrole nitrogens is 1. The Hall–Kier alpha value is -5.81. The quantitative estimate of drug-likeness (QED) is 0.0451. The van der Waals surface area contributed by atoms with Crippen molar-refractivity contribution in [3.63, 3.8) is 0 Å². The van der Waals surface area contributed by atoms with Gasteiger partial charge in [-0.1, -0.05) is 39.2 Å². The minimum atomic E-state index is -1.10. The van der Waals surface area contributed by atoms with Crippen molar-refractivity contribution < 1.29 is 38.0 Å². The monoisotopic (exact) mass is 973 g/mol. The van der Waals surface area contributed by atoms with Crippen LogP contribution >= 0.6 is 0 Å². The number of aldehydes is 1. The van der Waals surface area contributed by atoms with Crippen LogP contribution in [-0.2, 0) is 38.6 Å². The van der Waals surface area contributed by atoms with E-state index in [1.807, 2.05) is 95.7 Å². The first-order valence-electron chi connectivity index (χ1n) is 24.4. The first kappa shape index (κ1) is 52.0. The molecule has 6 heterocycles. The maximum absolute atomic E-state index is 10.9. The van der Waals surface area contributed by atoms with Crippen molar-refractivity contribution in [3.8, 4) is 57.0 Å². The topological polar surface area (TPSA) is 166 Å². The number of carbonyl (C=O) groups is 1. The summed E-state index contributed by atoms with van der Waals surface area (Å²) >= 11 is 0. The molecule has 10 rings (SSSR count). The third-order valence-electron chi connectivity index (χ3n) is 12.7. The molecule has 15 heteroatoms. The molecule has 0 saturated carbocycles. The van der Waals surface area contributed by atoms with Crippen LogP contribution in [0.15, 0.2) is 109 Å². The molecule has 4 aliphatic rings. The highest BCUT2D eigenvalue weighted by Crippen LogP contribution is 2.36. The van der Waals surface area contributed by atoms with E-state index in [0.29, 0.717) is 24.7 Å². The van der Waals surface area contributed by atoms with E-state index >= 15 is 0 Å². The van der Waals surface area contributed by atoms with E-state index in [-0.39, 0.29) is 13.5 Å². The van der Waals surface area contributed by atoms with Crippen LogP contribution in [0.5, 0.6) is 34.5 Å². The Bertz CT molecular complexity index is 2480. The first-order valence-corrected chi connectivity index (χ1v) is 28.1. The average molecular weight is 973 g/mol. The van der Waals surface area contributed by atoms with Gasteiger partial charge >= 0.3 is 0 Å². The van der Waals surface area contributed by atoms with Crippen LogP contribution in [-0.4, -0.2) is 99.2 Å². The zero-order valence-electron chi connectivity index (χ0n) is 40.3. The zero-order chi connectivity index (χ0) is 47.8. The Morgan fingerprint density at radius 1 is 0.729 bits per heavy atom. The number of aromatic nitrogens is 4. The summed E-state index contributed by atoms with van der Waals surface area (Å²) in [5, 5.41) is 14.9. The minimum Gasteiger partial charge on any atom is -0.488 e. The fourth-order valence-electron chi connectivity index (χ4n) is 8.51. The number of benzene rings is 4. The van der Waals surface area contributed by atoms with E-state index in [0.717, 1.165) is 160 Å². The largest absolute Gasteiger partial charge is 0.488 e. The third-order valence-corrected chi connectivity index (χ3v) is 14.4. The Balaban J connectivity index is 0.000000176. The summed E-state index contributed by atoms with van der Waals surface area (Å²) < 4.78 is 42.1.